The molecule has 0 saturated carbocycles. The van der Waals surface area contributed by atoms with Crippen LogP contribution in [0.5, 0.6) is 5.75 Å². The summed E-state index contributed by atoms with van der Waals surface area (Å²) < 4.78 is 0. The number of aliphatic imine (C=N–C) groups is 1. The first kappa shape index (κ1) is 15.8. The van der Waals surface area contributed by atoms with E-state index in [1.807, 2.05) is 0 Å². The van der Waals surface area contributed by atoms with Gasteiger partial charge in [-0.05, 0) is 36.1 Å². The highest BCUT2D eigenvalue weighted by Crippen LogP contribution is 2.22. The van der Waals surface area contributed by atoms with Crippen LogP contribution in [-0.4, -0.2) is 16.1 Å². The van der Waals surface area contributed by atoms with Crippen LogP contribution < -0.4 is 11.1 Å². The number of anilines is 1. The van der Waals surface area contributed by atoms with Crippen molar-refractivity contribution >= 4 is 11.6 Å². The fourth-order valence-corrected chi connectivity index (χ4v) is 2.28. The standard InChI is InChI=1S/C17H22N4O/c1-3-12-7-5-8-13(4-2)16(12)21-17(18)20-11-14-15(22)9-6-10-19-14/h5-10,22H,3-4,11H2,1-2H3,(H3,18,20,21). The summed E-state index contributed by atoms with van der Waals surface area (Å²) in [7, 11) is 0. The van der Waals surface area contributed by atoms with Crippen molar-refractivity contribution in [2.24, 2.45) is 10.7 Å². The molecule has 0 bridgehead atoms. The van der Waals surface area contributed by atoms with Gasteiger partial charge in [-0.15, -0.1) is 0 Å². The fourth-order valence-electron chi connectivity index (χ4n) is 2.28. The van der Waals surface area contributed by atoms with Crippen LogP contribution in [0.2, 0.25) is 0 Å². The van der Waals surface area contributed by atoms with Crippen molar-refractivity contribution in [2.75, 3.05) is 5.32 Å². The number of aryl methyl sites for hydroxylation is 2. The molecular weight excluding hydrogens is 276 g/mol. The molecule has 0 unspecified atom stereocenters. The third kappa shape index (κ3) is 3.75. The Balaban J connectivity index is 2.16. The lowest BCUT2D eigenvalue weighted by Gasteiger charge is -2.14. The van der Waals surface area contributed by atoms with Crippen molar-refractivity contribution < 1.29 is 5.11 Å². The van der Waals surface area contributed by atoms with E-state index in [1.165, 1.54) is 11.1 Å². The van der Waals surface area contributed by atoms with Crippen molar-refractivity contribution in [2.45, 2.75) is 33.2 Å². The number of para-hydroxylation sites is 1. The minimum absolute atomic E-state index is 0.127. The van der Waals surface area contributed by atoms with E-state index in [-0.39, 0.29) is 12.3 Å². The van der Waals surface area contributed by atoms with Gasteiger partial charge in [0.25, 0.3) is 0 Å². The highest BCUT2D eigenvalue weighted by atomic mass is 16.3. The van der Waals surface area contributed by atoms with Crippen LogP contribution in [0.4, 0.5) is 5.69 Å². The molecule has 2 rings (SSSR count). The summed E-state index contributed by atoms with van der Waals surface area (Å²) in [6.07, 6.45) is 3.46. The van der Waals surface area contributed by atoms with E-state index in [0.29, 0.717) is 11.7 Å². The maximum atomic E-state index is 9.68. The van der Waals surface area contributed by atoms with Gasteiger partial charge in [0.15, 0.2) is 5.96 Å². The van der Waals surface area contributed by atoms with Gasteiger partial charge >= 0.3 is 0 Å². The number of pyridine rings is 1. The van der Waals surface area contributed by atoms with Crippen molar-refractivity contribution in [1.82, 2.24) is 4.98 Å². The van der Waals surface area contributed by atoms with Gasteiger partial charge in [0.05, 0.1) is 6.54 Å². The van der Waals surface area contributed by atoms with Gasteiger partial charge in [0.1, 0.15) is 11.4 Å². The Kier molecular flexibility index (Phi) is 5.36. The Morgan fingerprint density at radius 1 is 1.18 bits per heavy atom. The first-order valence-electron chi connectivity index (χ1n) is 7.46. The van der Waals surface area contributed by atoms with Crippen LogP contribution in [-0.2, 0) is 19.4 Å². The summed E-state index contributed by atoms with van der Waals surface area (Å²) in [5.41, 5.74) is 9.93. The third-order valence-electron chi connectivity index (χ3n) is 3.52. The Labute approximate surface area is 130 Å². The van der Waals surface area contributed by atoms with E-state index < -0.39 is 0 Å². The number of rotatable bonds is 5. The molecule has 0 aliphatic rings. The molecule has 4 N–H and O–H groups in total. The molecule has 2 aromatic rings. The van der Waals surface area contributed by atoms with Gasteiger partial charge in [-0.2, -0.15) is 0 Å². The van der Waals surface area contributed by atoms with Gasteiger partial charge in [0, 0.05) is 11.9 Å². The number of hydrogen-bond donors (Lipinski definition) is 3. The molecular formula is C17H22N4O. The number of hydrogen-bond acceptors (Lipinski definition) is 3. The van der Waals surface area contributed by atoms with E-state index >= 15 is 0 Å². The molecule has 0 aliphatic carbocycles. The van der Waals surface area contributed by atoms with E-state index in [1.54, 1.807) is 18.3 Å². The van der Waals surface area contributed by atoms with E-state index in [0.717, 1.165) is 18.5 Å². The molecule has 0 amide bonds. The zero-order valence-electron chi connectivity index (χ0n) is 13.0. The summed E-state index contributed by atoms with van der Waals surface area (Å²) in [6, 6.07) is 9.49. The molecule has 1 aromatic heterocycles. The van der Waals surface area contributed by atoms with Crippen LogP contribution in [0.25, 0.3) is 0 Å². The van der Waals surface area contributed by atoms with Gasteiger partial charge in [0.2, 0.25) is 0 Å². The highest BCUT2D eigenvalue weighted by molar-refractivity contribution is 5.93. The van der Waals surface area contributed by atoms with Crippen LogP contribution in [0.15, 0.2) is 41.5 Å². The molecule has 1 aromatic carbocycles. The van der Waals surface area contributed by atoms with Crippen molar-refractivity contribution in [3.8, 4) is 5.75 Å². The van der Waals surface area contributed by atoms with Crippen molar-refractivity contribution in [3.63, 3.8) is 0 Å². The van der Waals surface area contributed by atoms with Crippen LogP contribution >= 0.6 is 0 Å². The van der Waals surface area contributed by atoms with Gasteiger partial charge in [-0.3, -0.25) is 4.98 Å². The summed E-state index contributed by atoms with van der Waals surface area (Å²) in [5, 5.41) is 12.9. The number of nitrogens with one attached hydrogen (secondary N) is 1. The minimum Gasteiger partial charge on any atom is -0.506 e. The first-order chi connectivity index (χ1) is 10.7. The quantitative estimate of drug-likeness (QED) is 0.585. The van der Waals surface area contributed by atoms with Gasteiger partial charge in [-0.1, -0.05) is 32.0 Å². The number of guanidine groups is 1. The topological polar surface area (TPSA) is 83.5 Å². The fraction of sp³-hybridized carbons (Fsp3) is 0.294. The molecule has 0 aliphatic heterocycles. The Morgan fingerprint density at radius 2 is 1.86 bits per heavy atom. The number of benzene rings is 1. The molecule has 0 spiro atoms. The number of nitrogens with zero attached hydrogens (tertiary/aromatic N) is 2. The molecule has 0 radical (unpaired) electrons. The predicted octanol–water partition coefficient (Wildman–Crippen LogP) is 2.84. The summed E-state index contributed by atoms with van der Waals surface area (Å²) in [6.45, 7) is 4.46. The summed E-state index contributed by atoms with van der Waals surface area (Å²) >= 11 is 0. The van der Waals surface area contributed by atoms with Crippen LogP contribution in [0.1, 0.15) is 30.7 Å². The van der Waals surface area contributed by atoms with E-state index in [4.69, 9.17) is 5.73 Å². The maximum Gasteiger partial charge on any atom is 0.193 e. The Morgan fingerprint density at radius 3 is 2.45 bits per heavy atom. The monoisotopic (exact) mass is 298 g/mol. The minimum atomic E-state index is 0.127. The molecule has 1 heterocycles. The molecule has 0 atom stereocenters. The molecule has 116 valence electrons. The number of aromatic nitrogens is 1. The largest absolute Gasteiger partial charge is 0.506 e. The van der Waals surface area contributed by atoms with Crippen molar-refractivity contribution in [3.05, 3.63) is 53.3 Å². The molecule has 22 heavy (non-hydrogen) atoms. The first-order valence-corrected chi connectivity index (χ1v) is 7.46. The lowest BCUT2D eigenvalue weighted by Crippen LogP contribution is -2.24. The third-order valence-corrected chi connectivity index (χ3v) is 3.52. The lowest BCUT2D eigenvalue weighted by molar-refractivity contribution is 0.464. The second-order valence-corrected chi connectivity index (χ2v) is 4.95. The molecule has 0 saturated heterocycles. The normalized spacial score (nSPS) is 11.5. The molecule has 5 nitrogen and oxygen atoms in total. The van der Waals surface area contributed by atoms with E-state index in [9.17, 15) is 5.11 Å². The Bertz CT molecular complexity index is 645. The smallest absolute Gasteiger partial charge is 0.193 e. The molecule has 5 heteroatoms. The summed E-state index contributed by atoms with van der Waals surface area (Å²) in [5.74, 6) is 0.447. The number of nitrogens with two attached hydrogens (primary N) is 1. The number of aromatic hydroxyl groups is 1. The van der Waals surface area contributed by atoms with Crippen LogP contribution in [0.3, 0.4) is 0 Å². The second kappa shape index (κ2) is 7.45. The van der Waals surface area contributed by atoms with Crippen LogP contribution in [0, 0.1) is 0 Å². The second-order valence-electron chi connectivity index (χ2n) is 4.95. The zero-order valence-corrected chi connectivity index (χ0v) is 13.0. The van der Waals surface area contributed by atoms with Gasteiger partial charge in [-0.25, -0.2) is 4.99 Å². The lowest BCUT2D eigenvalue weighted by atomic mass is 10.0. The zero-order chi connectivity index (χ0) is 15.9. The predicted molar refractivity (Wildman–Crippen MR) is 90.0 cm³/mol. The van der Waals surface area contributed by atoms with Crippen molar-refractivity contribution in [1.29, 1.82) is 0 Å². The summed E-state index contributed by atoms with van der Waals surface area (Å²) in [4.78, 5) is 8.35. The average Bonchev–Trinajstić information content (AvgIpc) is 2.54. The Hall–Kier alpha value is -2.56. The molecule has 0 fully saturated rings. The van der Waals surface area contributed by atoms with Gasteiger partial charge < -0.3 is 16.2 Å². The van der Waals surface area contributed by atoms with E-state index in [2.05, 4.69) is 47.3 Å². The highest BCUT2D eigenvalue weighted by Gasteiger charge is 2.07. The SMILES string of the molecule is CCc1cccc(CC)c1NC(N)=NCc1ncccc1O. The average molecular weight is 298 g/mol. The maximum absolute atomic E-state index is 9.68.